The third-order valence-electron chi connectivity index (χ3n) is 3.01. The fourth-order valence-corrected chi connectivity index (χ4v) is 2.34. The van der Waals surface area contributed by atoms with Gasteiger partial charge in [0.15, 0.2) is 5.82 Å². The molecule has 3 aromatic rings. The molecule has 0 aliphatic heterocycles. The van der Waals surface area contributed by atoms with Crippen molar-refractivity contribution >= 4 is 29.4 Å². The summed E-state index contributed by atoms with van der Waals surface area (Å²) < 4.78 is 1.65. The Morgan fingerprint density at radius 1 is 1.33 bits per heavy atom. The minimum absolute atomic E-state index is 0.262. The molecule has 24 heavy (non-hydrogen) atoms. The molecule has 0 aliphatic rings. The Bertz CT molecular complexity index is 816. The van der Waals surface area contributed by atoms with Crippen molar-refractivity contribution in [3.05, 3.63) is 58.1 Å². The molecule has 3 rings (SSSR count). The highest BCUT2D eigenvalue weighted by atomic mass is 35.5. The second kappa shape index (κ2) is 7.89. The predicted octanol–water partition coefficient (Wildman–Crippen LogP) is 2.50. The molecule has 0 fully saturated rings. The summed E-state index contributed by atoms with van der Waals surface area (Å²) in [7, 11) is 0. The number of rotatable bonds is 7. The van der Waals surface area contributed by atoms with Crippen LogP contribution in [0.2, 0.25) is 10.0 Å². The van der Waals surface area contributed by atoms with Gasteiger partial charge in [0.2, 0.25) is 0 Å². The Morgan fingerprint density at radius 3 is 3.04 bits per heavy atom. The summed E-state index contributed by atoms with van der Waals surface area (Å²) in [4.78, 5) is 13.4. The Hall–Kier alpha value is -2.45. The normalized spacial score (nSPS) is 11.2. The summed E-state index contributed by atoms with van der Waals surface area (Å²) in [5, 5.41) is 15.9. The van der Waals surface area contributed by atoms with E-state index in [0.717, 1.165) is 5.56 Å². The van der Waals surface area contributed by atoms with Gasteiger partial charge in [-0.3, -0.25) is 5.10 Å². The fourth-order valence-electron chi connectivity index (χ4n) is 1.88. The van der Waals surface area contributed by atoms with Crippen molar-refractivity contribution in [3.8, 4) is 0 Å². The van der Waals surface area contributed by atoms with Gasteiger partial charge in [-0.15, -0.1) is 0 Å². The van der Waals surface area contributed by atoms with Crippen LogP contribution in [0.1, 0.15) is 17.2 Å². The molecule has 2 heterocycles. The first-order chi connectivity index (χ1) is 11.7. The van der Waals surface area contributed by atoms with Crippen molar-refractivity contribution in [1.29, 1.82) is 0 Å². The molecule has 124 valence electrons. The second-order valence-electron chi connectivity index (χ2n) is 4.79. The van der Waals surface area contributed by atoms with E-state index in [1.165, 1.54) is 6.33 Å². The molecule has 0 atom stereocenters. The van der Waals surface area contributed by atoms with Gasteiger partial charge in [0, 0.05) is 22.0 Å². The monoisotopic (exact) mass is 365 g/mol. The molecule has 2 aromatic heterocycles. The van der Waals surface area contributed by atoms with Crippen molar-refractivity contribution in [2.45, 2.75) is 19.6 Å². The van der Waals surface area contributed by atoms with Gasteiger partial charge in [-0.2, -0.15) is 10.2 Å². The molecular weight excluding hydrogens is 353 g/mol. The van der Waals surface area contributed by atoms with Gasteiger partial charge >= 0.3 is 0 Å². The lowest BCUT2D eigenvalue weighted by Crippen LogP contribution is -2.01. The largest absolute Gasteiger partial charge is 0.391 e. The first-order valence-corrected chi connectivity index (χ1v) is 7.76. The van der Waals surface area contributed by atoms with E-state index in [0.29, 0.717) is 34.7 Å². The van der Waals surface area contributed by atoms with Gasteiger partial charge in [-0.05, 0) is 12.1 Å². The second-order valence-corrected chi connectivity index (χ2v) is 5.64. The van der Waals surface area contributed by atoms with Crippen molar-refractivity contribution in [2.75, 3.05) is 0 Å². The average Bonchev–Trinajstić information content (AvgIpc) is 3.21. The average molecular weight is 366 g/mol. The van der Waals surface area contributed by atoms with Crippen LogP contribution in [-0.4, -0.2) is 36.2 Å². The number of oxime groups is 1. The van der Waals surface area contributed by atoms with Crippen LogP contribution >= 0.6 is 23.2 Å². The first kappa shape index (κ1) is 16.4. The molecule has 0 amide bonds. The smallest absolute Gasteiger partial charge is 0.156 e. The van der Waals surface area contributed by atoms with Crippen LogP contribution in [0, 0.1) is 0 Å². The zero-order valence-corrected chi connectivity index (χ0v) is 13.9. The standard InChI is InChI=1S/C14H13Cl2N7O/c15-11-2-1-10(12(16)5-11)7-24-19-4-3-13-20-14(22-21-13)6-23-9-17-8-18-23/h1-2,4-5,8-9H,3,6-7H2,(H,20,21,22). The van der Waals surface area contributed by atoms with E-state index in [1.54, 1.807) is 35.4 Å². The van der Waals surface area contributed by atoms with E-state index in [-0.39, 0.29) is 6.61 Å². The SMILES string of the molecule is Clc1ccc(CON=CCc2n[nH]c(Cn3cncn3)n2)c(Cl)c1. The zero-order valence-electron chi connectivity index (χ0n) is 12.4. The van der Waals surface area contributed by atoms with Crippen LogP contribution < -0.4 is 0 Å². The van der Waals surface area contributed by atoms with Gasteiger partial charge in [0.05, 0.1) is 6.21 Å². The highest BCUT2D eigenvalue weighted by Gasteiger charge is 2.04. The molecule has 0 saturated heterocycles. The number of H-pyrrole nitrogens is 1. The van der Waals surface area contributed by atoms with Gasteiger partial charge in [0.1, 0.15) is 31.6 Å². The van der Waals surface area contributed by atoms with E-state index in [4.69, 9.17) is 28.0 Å². The fraction of sp³-hybridized carbons (Fsp3) is 0.214. The van der Waals surface area contributed by atoms with Gasteiger partial charge in [-0.25, -0.2) is 14.6 Å². The topological polar surface area (TPSA) is 93.9 Å². The molecule has 1 N–H and O–H groups in total. The molecule has 0 bridgehead atoms. The Balaban J connectivity index is 1.45. The van der Waals surface area contributed by atoms with Crippen LogP contribution in [-0.2, 0) is 24.4 Å². The van der Waals surface area contributed by atoms with Crippen molar-refractivity contribution in [3.63, 3.8) is 0 Å². The van der Waals surface area contributed by atoms with E-state index < -0.39 is 0 Å². The molecule has 8 nitrogen and oxygen atoms in total. The van der Waals surface area contributed by atoms with Crippen molar-refractivity contribution in [2.24, 2.45) is 5.16 Å². The van der Waals surface area contributed by atoms with E-state index >= 15 is 0 Å². The number of aromatic nitrogens is 6. The third-order valence-corrected chi connectivity index (χ3v) is 3.60. The molecule has 10 heteroatoms. The van der Waals surface area contributed by atoms with E-state index in [9.17, 15) is 0 Å². The molecule has 0 unspecified atom stereocenters. The molecule has 1 aromatic carbocycles. The van der Waals surface area contributed by atoms with Gasteiger partial charge in [-0.1, -0.05) is 34.4 Å². The molecule has 0 aliphatic carbocycles. The van der Waals surface area contributed by atoms with Gasteiger partial charge in [0.25, 0.3) is 0 Å². The third kappa shape index (κ3) is 4.53. The number of hydrogen-bond acceptors (Lipinski definition) is 6. The van der Waals surface area contributed by atoms with E-state index in [1.807, 2.05) is 0 Å². The van der Waals surface area contributed by atoms with Crippen molar-refractivity contribution in [1.82, 2.24) is 29.9 Å². The Morgan fingerprint density at radius 2 is 2.25 bits per heavy atom. The van der Waals surface area contributed by atoms with E-state index in [2.05, 4.69) is 30.4 Å². The zero-order chi connectivity index (χ0) is 16.8. The summed E-state index contributed by atoms with van der Waals surface area (Å²) in [5.74, 6) is 1.31. The van der Waals surface area contributed by atoms with Crippen LogP contribution in [0.4, 0.5) is 0 Å². The first-order valence-electron chi connectivity index (χ1n) is 7.01. The minimum atomic E-state index is 0.262. The van der Waals surface area contributed by atoms with Crippen LogP contribution in [0.15, 0.2) is 36.0 Å². The molecule has 0 saturated carbocycles. The Kier molecular flexibility index (Phi) is 5.39. The van der Waals surface area contributed by atoms with Crippen LogP contribution in [0.5, 0.6) is 0 Å². The summed E-state index contributed by atoms with van der Waals surface area (Å²) in [6, 6.07) is 5.21. The quantitative estimate of drug-likeness (QED) is 0.512. The summed E-state index contributed by atoms with van der Waals surface area (Å²) in [5.41, 5.74) is 0.811. The maximum atomic E-state index is 6.05. The number of nitrogens with one attached hydrogen (secondary N) is 1. The number of aromatic amines is 1. The molecule has 0 spiro atoms. The number of benzene rings is 1. The summed E-state index contributed by atoms with van der Waals surface area (Å²) >= 11 is 11.9. The maximum absolute atomic E-state index is 6.05. The predicted molar refractivity (Wildman–Crippen MR) is 89.0 cm³/mol. The Labute approximate surface area is 147 Å². The highest BCUT2D eigenvalue weighted by Crippen LogP contribution is 2.21. The van der Waals surface area contributed by atoms with Crippen LogP contribution in [0.3, 0.4) is 0 Å². The summed E-state index contributed by atoms with van der Waals surface area (Å²) in [6.45, 7) is 0.744. The van der Waals surface area contributed by atoms with Crippen LogP contribution in [0.25, 0.3) is 0 Å². The highest BCUT2D eigenvalue weighted by molar-refractivity contribution is 6.35. The lowest BCUT2D eigenvalue weighted by molar-refractivity contribution is 0.131. The maximum Gasteiger partial charge on any atom is 0.156 e. The lowest BCUT2D eigenvalue weighted by Gasteiger charge is -2.02. The number of nitrogens with zero attached hydrogens (tertiary/aromatic N) is 6. The lowest BCUT2D eigenvalue weighted by atomic mass is 10.2. The van der Waals surface area contributed by atoms with Gasteiger partial charge < -0.3 is 4.84 Å². The number of halogens is 2. The summed E-state index contributed by atoms with van der Waals surface area (Å²) in [6.07, 6.45) is 5.11. The molecule has 0 radical (unpaired) electrons. The minimum Gasteiger partial charge on any atom is -0.391 e. The van der Waals surface area contributed by atoms with Crippen molar-refractivity contribution < 1.29 is 4.84 Å². The molecular formula is C14H13Cl2N7O. The number of hydrogen-bond donors (Lipinski definition) is 1.